The van der Waals surface area contributed by atoms with Crippen LogP contribution in [0.5, 0.6) is 0 Å². The van der Waals surface area contributed by atoms with Gasteiger partial charge in [0.1, 0.15) is 0 Å². The van der Waals surface area contributed by atoms with Crippen molar-refractivity contribution in [3.8, 4) is 0 Å². The first-order valence-corrected chi connectivity index (χ1v) is 8.22. The summed E-state index contributed by atoms with van der Waals surface area (Å²) in [5, 5.41) is 3.48. The van der Waals surface area contributed by atoms with Crippen molar-refractivity contribution in [3.63, 3.8) is 0 Å². The number of likely N-dealkylation sites (tertiary alicyclic amines) is 1. The Morgan fingerprint density at radius 1 is 1.24 bits per heavy atom. The lowest BCUT2D eigenvalue weighted by Crippen LogP contribution is -2.44. The molecule has 2 aliphatic heterocycles. The number of hydrogen-bond donors (Lipinski definition) is 1. The molecule has 1 aromatic rings. The van der Waals surface area contributed by atoms with Gasteiger partial charge in [-0.15, -0.1) is 0 Å². The fourth-order valence-electron chi connectivity index (χ4n) is 3.74. The molecule has 0 bridgehead atoms. The zero-order chi connectivity index (χ0) is 14.7. The SMILES string of the molecule is CC(CC(=O)N1CCC2(CCNC2)CC1)c1ccccc1. The highest BCUT2D eigenvalue weighted by molar-refractivity contribution is 5.77. The summed E-state index contributed by atoms with van der Waals surface area (Å²) in [6.07, 6.45) is 4.27. The van der Waals surface area contributed by atoms with Gasteiger partial charge in [-0.25, -0.2) is 0 Å². The Kier molecular flexibility index (Phi) is 4.29. The second-order valence-electron chi connectivity index (χ2n) is 6.82. The molecule has 0 aliphatic carbocycles. The Morgan fingerprint density at radius 3 is 2.57 bits per heavy atom. The summed E-state index contributed by atoms with van der Waals surface area (Å²) in [6.45, 7) is 6.35. The van der Waals surface area contributed by atoms with Crippen LogP contribution in [0.25, 0.3) is 0 Å². The third-order valence-corrected chi connectivity index (χ3v) is 5.36. The molecule has 1 spiro atoms. The van der Waals surface area contributed by atoms with E-state index in [1.54, 1.807) is 0 Å². The highest BCUT2D eigenvalue weighted by Crippen LogP contribution is 2.37. The molecule has 3 nitrogen and oxygen atoms in total. The van der Waals surface area contributed by atoms with E-state index in [0.29, 0.717) is 23.7 Å². The molecular weight excluding hydrogens is 260 g/mol. The van der Waals surface area contributed by atoms with E-state index < -0.39 is 0 Å². The van der Waals surface area contributed by atoms with Crippen LogP contribution < -0.4 is 5.32 Å². The zero-order valence-corrected chi connectivity index (χ0v) is 13.0. The van der Waals surface area contributed by atoms with E-state index in [2.05, 4.69) is 29.3 Å². The molecule has 1 atom stereocenters. The van der Waals surface area contributed by atoms with Crippen LogP contribution in [0.2, 0.25) is 0 Å². The highest BCUT2D eigenvalue weighted by atomic mass is 16.2. The number of nitrogens with one attached hydrogen (secondary N) is 1. The summed E-state index contributed by atoms with van der Waals surface area (Å²) in [7, 11) is 0. The highest BCUT2D eigenvalue weighted by Gasteiger charge is 2.38. The van der Waals surface area contributed by atoms with Gasteiger partial charge in [-0.3, -0.25) is 4.79 Å². The second-order valence-corrected chi connectivity index (χ2v) is 6.82. The average Bonchev–Trinajstić information content (AvgIpc) is 2.97. The van der Waals surface area contributed by atoms with E-state index >= 15 is 0 Å². The van der Waals surface area contributed by atoms with Gasteiger partial charge in [0.05, 0.1) is 0 Å². The number of carbonyl (C=O) groups excluding carboxylic acids is 1. The summed E-state index contributed by atoms with van der Waals surface area (Å²) >= 11 is 0. The van der Waals surface area contributed by atoms with E-state index in [9.17, 15) is 4.79 Å². The molecular formula is C18H26N2O. The molecule has 0 radical (unpaired) electrons. The van der Waals surface area contributed by atoms with Gasteiger partial charge in [0.25, 0.3) is 0 Å². The van der Waals surface area contributed by atoms with Crippen LogP contribution >= 0.6 is 0 Å². The maximum absolute atomic E-state index is 12.5. The lowest BCUT2D eigenvalue weighted by atomic mass is 9.77. The van der Waals surface area contributed by atoms with E-state index in [-0.39, 0.29) is 0 Å². The van der Waals surface area contributed by atoms with Crippen molar-refractivity contribution in [2.24, 2.45) is 5.41 Å². The molecule has 21 heavy (non-hydrogen) atoms. The Hall–Kier alpha value is -1.35. The number of hydrogen-bond acceptors (Lipinski definition) is 2. The Balaban J connectivity index is 1.52. The van der Waals surface area contributed by atoms with E-state index in [1.807, 2.05) is 18.2 Å². The monoisotopic (exact) mass is 286 g/mol. The number of amides is 1. The standard InChI is InChI=1S/C18H26N2O/c1-15(16-5-3-2-4-6-16)13-17(21)20-11-8-18(9-12-20)7-10-19-14-18/h2-6,15,19H,7-14H2,1H3. The molecule has 0 saturated carbocycles. The van der Waals surface area contributed by atoms with Crippen LogP contribution in [0, 0.1) is 5.41 Å². The van der Waals surface area contributed by atoms with Gasteiger partial charge in [0, 0.05) is 26.1 Å². The van der Waals surface area contributed by atoms with Crippen molar-refractivity contribution in [1.82, 2.24) is 10.2 Å². The molecule has 114 valence electrons. The van der Waals surface area contributed by atoms with Gasteiger partial charge in [0.2, 0.25) is 5.91 Å². The number of piperidine rings is 1. The van der Waals surface area contributed by atoms with E-state index in [0.717, 1.165) is 26.2 Å². The van der Waals surface area contributed by atoms with Crippen molar-refractivity contribution in [2.75, 3.05) is 26.2 Å². The van der Waals surface area contributed by atoms with Crippen molar-refractivity contribution < 1.29 is 4.79 Å². The van der Waals surface area contributed by atoms with Crippen molar-refractivity contribution in [2.45, 2.75) is 38.5 Å². The minimum Gasteiger partial charge on any atom is -0.343 e. The second kappa shape index (κ2) is 6.18. The predicted molar refractivity (Wildman–Crippen MR) is 85.2 cm³/mol. The molecule has 2 saturated heterocycles. The van der Waals surface area contributed by atoms with E-state index in [1.165, 1.54) is 24.8 Å². The number of nitrogens with zero attached hydrogens (tertiary/aromatic N) is 1. The van der Waals surface area contributed by atoms with E-state index in [4.69, 9.17) is 0 Å². The van der Waals surface area contributed by atoms with Gasteiger partial charge in [0.15, 0.2) is 0 Å². The van der Waals surface area contributed by atoms with Crippen molar-refractivity contribution >= 4 is 5.91 Å². The third kappa shape index (κ3) is 3.29. The first-order valence-electron chi connectivity index (χ1n) is 8.22. The van der Waals surface area contributed by atoms with Crippen LogP contribution in [0.15, 0.2) is 30.3 Å². The summed E-state index contributed by atoms with van der Waals surface area (Å²) in [6, 6.07) is 10.4. The van der Waals surface area contributed by atoms with Crippen LogP contribution in [0.1, 0.15) is 44.1 Å². The quantitative estimate of drug-likeness (QED) is 0.926. The summed E-state index contributed by atoms with van der Waals surface area (Å²) in [5.41, 5.74) is 1.75. The summed E-state index contributed by atoms with van der Waals surface area (Å²) in [4.78, 5) is 14.6. The topological polar surface area (TPSA) is 32.3 Å². The third-order valence-electron chi connectivity index (χ3n) is 5.36. The Morgan fingerprint density at radius 2 is 1.95 bits per heavy atom. The zero-order valence-electron chi connectivity index (χ0n) is 13.0. The predicted octanol–water partition coefficient (Wildman–Crippen LogP) is 2.78. The fraction of sp³-hybridized carbons (Fsp3) is 0.611. The number of carbonyl (C=O) groups is 1. The first-order chi connectivity index (χ1) is 10.2. The smallest absolute Gasteiger partial charge is 0.223 e. The molecule has 2 fully saturated rings. The van der Waals surface area contributed by atoms with Gasteiger partial charge in [-0.1, -0.05) is 37.3 Å². The average molecular weight is 286 g/mol. The van der Waals surface area contributed by atoms with Crippen LogP contribution in [-0.4, -0.2) is 37.0 Å². The molecule has 1 amide bonds. The molecule has 3 rings (SSSR count). The maximum Gasteiger partial charge on any atom is 0.223 e. The lowest BCUT2D eigenvalue weighted by molar-refractivity contribution is -0.133. The molecule has 1 N–H and O–H groups in total. The van der Waals surface area contributed by atoms with Crippen LogP contribution in [0.4, 0.5) is 0 Å². The Bertz CT molecular complexity index is 469. The molecule has 1 unspecified atom stereocenters. The number of benzene rings is 1. The van der Waals surface area contributed by atoms with Gasteiger partial charge < -0.3 is 10.2 Å². The lowest BCUT2D eigenvalue weighted by Gasteiger charge is -2.39. The molecule has 3 heteroatoms. The minimum atomic E-state index is 0.308. The normalized spacial score (nSPS) is 22.4. The van der Waals surface area contributed by atoms with Crippen molar-refractivity contribution in [3.05, 3.63) is 35.9 Å². The van der Waals surface area contributed by atoms with Crippen molar-refractivity contribution in [1.29, 1.82) is 0 Å². The minimum absolute atomic E-state index is 0.308. The largest absolute Gasteiger partial charge is 0.343 e. The number of rotatable bonds is 3. The van der Waals surface area contributed by atoms with Gasteiger partial charge in [-0.05, 0) is 42.7 Å². The summed E-state index contributed by atoms with van der Waals surface area (Å²) < 4.78 is 0. The molecule has 1 aromatic carbocycles. The molecule has 0 aromatic heterocycles. The molecule has 2 heterocycles. The summed E-state index contributed by atoms with van der Waals surface area (Å²) in [5.74, 6) is 0.634. The van der Waals surface area contributed by atoms with Gasteiger partial charge in [-0.2, -0.15) is 0 Å². The Labute approximate surface area is 127 Å². The maximum atomic E-state index is 12.5. The van der Waals surface area contributed by atoms with Gasteiger partial charge >= 0.3 is 0 Å². The van der Waals surface area contributed by atoms with Crippen LogP contribution in [0.3, 0.4) is 0 Å². The fourth-order valence-corrected chi connectivity index (χ4v) is 3.74. The van der Waals surface area contributed by atoms with Crippen LogP contribution in [-0.2, 0) is 4.79 Å². The first kappa shape index (κ1) is 14.6. The molecule has 2 aliphatic rings.